The number of benzene rings is 1. The van der Waals surface area contributed by atoms with Crippen LogP contribution in [0.4, 0.5) is 5.69 Å². The van der Waals surface area contributed by atoms with Gasteiger partial charge in [0, 0.05) is 54.7 Å². The van der Waals surface area contributed by atoms with E-state index in [-0.39, 0.29) is 5.91 Å². The summed E-state index contributed by atoms with van der Waals surface area (Å²) in [6, 6.07) is 7.79. The first-order valence-corrected chi connectivity index (χ1v) is 9.48. The lowest BCUT2D eigenvalue weighted by atomic mass is 10.2. The Bertz CT molecular complexity index is 891. The lowest BCUT2D eigenvalue weighted by Gasteiger charge is -2.35. The molecule has 3 heterocycles. The Morgan fingerprint density at radius 2 is 1.85 bits per heavy atom. The van der Waals surface area contributed by atoms with Gasteiger partial charge in [0.05, 0.1) is 6.20 Å². The van der Waals surface area contributed by atoms with Gasteiger partial charge in [-0.15, -0.1) is 11.3 Å². The lowest BCUT2D eigenvalue weighted by Crippen LogP contribution is -2.48. The zero-order valence-electron chi connectivity index (χ0n) is 13.9. The van der Waals surface area contributed by atoms with Crippen molar-refractivity contribution in [1.29, 1.82) is 0 Å². The molecule has 0 aliphatic carbocycles. The highest BCUT2D eigenvalue weighted by atomic mass is 35.5. The van der Waals surface area contributed by atoms with Crippen LogP contribution >= 0.6 is 22.9 Å². The number of nitrogens with zero attached hydrogens (tertiary/aromatic N) is 5. The Balaban J connectivity index is 1.41. The SMILES string of the molecule is O=C(c1csc(-c2cnccn2)n1)N1CCN(c2ccc(Cl)cc2)CC1. The Kier molecular flexibility index (Phi) is 4.81. The summed E-state index contributed by atoms with van der Waals surface area (Å²) in [6.45, 7) is 2.90. The number of carbonyl (C=O) groups excluding carboxylic acids is 1. The van der Waals surface area contributed by atoms with Gasteiger partial charge in [0.2, 0.25) is 0 Å². The number of carbonyl (C=O) groups is 1. The van der Waals surface area contributed by atoms with Gasteiger partial charge in [0.1, 0.15) is 16.4 Å². The first-order chi connectivity index (χ1) is 12.7. The second-order valence-corrected chi connectivity index (χ2v) is 7.18. The summed E-state index contributed by atoms with van der Waals surface area (Å²) in [5, 5.41) is 3.23. The van der Waals surface area contributed by atoms with Gasteiger partial charge in [-0.1, -0.05) is 11.6 Å². The van der Waals surface area contributed by atoms with Crippen molar-refractivity contribution >= 4 is 34.5 Å². The minimum Gasteiger partial charge on any atom is -0.368 e. The fourth-order valence-corrected chi connectivity index (χ4v) is 3.76. The summed E-state index contributed by atoms with van der Waals surface area (Å²) >= 11 is 7.35. The van der Waals surface area contributed by atoms with Crippen LogP contribution in [-0.4, -0.2) is 51.9 Å². The van der Waals surface area contributed by atoms with Crippen molar-refractivity contribution in [2.45, 2.75) is 0 Å². The van der Waals surface area contributed by atoms with Crippen molar-refractivity contribution in [1.82, 2.24) is 19.9 Å². The van der Waals surface area contributed by atoms with Gasteiger partial charge in [0.15, 0.2) is 0 Å². The maximum Gasteiger partial charge on any atom is 0.273 e. The van der Waals surface area contributed by atoms with E-state index in [4.69, 9.17) is 11.6 Å². The summed E-state index contributed by atoms with van der Waals surface area (Å²) in [5.41, 5.74) is 2.28. The molecule has 2 aromatic heterocycles. The van der Waals surface area contributed by atoms with Gasteiger partial charge in [-0.05, 0) is 24.3 Å². The van der Waals surface area contributed by atoms with Crippen molar-refractivity contribution in [3.8, 4) is 10.7 Å². The fraction of sp³-hybridized carbons (Fsp3) is 0.222. The summed E-state index contributed by atoms with van der Waals surface area (Å²) in [5.74, 6) is -0.0350. The van der Waals surface area contributed by atoms with E-state index in [0.29, 0.717) is 29.5 Å². The van der Waals surface area contributed by atoms with E-state index in [1.165, 1.54) is 11.3 Å². The number of anilines is 1. The highest BCUT2D eigenvalue weighted by molar-refractivity contribution is 7.13. The third-order valence-electron chi connectivity index (χ3n) is 4.26. The number of hydrogen-bond acceptors (Lipinski definition) is 6. The summed E-state index contributed by atoms with van der Waals surface area (Å²) < 4.78 is 0. The Morgan fingerprint density at radius 3 is 2.54 bits per heavy atom. The molecule has 0 spiro atoms. The average molecular weight is 386 g/mol. The largest absolute Gasteiger partial charge is 0.368 e. The molecule has 1 fully saturated rings. The standard InChI is InChI=1S/C18H16ClN5OS/c19-13-1-3-14(4-2-13)23-7-9-24(10-8-23)18(25)16-12-26-17(22-16)15-11-20-5-6-21-15/h1-6,11-12H,7-10H2. The Labute approximate surface area is 160 Å². The van der Waals surface area contributed by atoms with Crippen LogP contribution in [0.15, 0.2) is 48.2 Å². The molecule has 0 radical (unpaired) electrons. The number of amides is 1. The molecular weight excluding hydrogens is 370 g/mol. The summed E-state index contributed by atoms with van der Waals surface area (Å²) in [6.07, 6.45) is 4.88. The third kappa shape index (κ3) is 3.54. The van der Waals surface area contributed by atoms with Crippen LogP contribution in [0.3, 0.4) is 0 Å². The predicted octanol–water partition coefficient (Wildman–Crippen LogP) is 3.22. The molecule has 1 amide bonds. The van der Waals surface area contributed by atoms with Gasteiger partial charge in [-0.25, -0.2) is 4.98 Å². The number of rotatable bonds is 3. The van der Waals surface area contributed by atoms with Crippen molar-refractivity contribution in [2.75, 3.05) is 31.1 Å². The van der Waals surface area contributed by atoms with Gasteiger partial charge >= 0.3 is 0 Å². The third-order valence-corrected chi connectivity index (χ3v) is 5.38. The molecule has 0 unspecified atom stereocenters. The smallest absolute Gasteiger partial charge is 0.273 e. The molecule has 1 aliphatic heterocycles. The van der Waals surface area contributed by atoms with Crippen molar-refractivity contribution < 1.29 is 4.79 Å². The second-order valence-electron chi connectivity index (χ2n) is 5.88. The van der Waals surface area contributed by atoms with Gasteiger partial charge in [-0.3, -0.25) is 14.8 Å². The van der Waals surface area contributed by atoms with Crippen LogP contribution in [0.2, 0.25) is 5.02 Å². The number of piperazine rings is 1. The molecule has 4 rings (SSSR count). The molecule has 0 atom stereocenters. The molecule has 6 nitrogen and oxygen atoms in total. The molecule has 0 bridgehead atoms. The van der Waals surface area contributed by atoms with E-state index in [0.717, 1.165) is 23.8 Å². The van der Waals surface area contributed by atoms with E-state index >= 15 is 0 Å². The van der Waals surface area contributed by atoms with E-state index in [9.17, 15) is 4.79 Å². The topological polar surface area (TPSA) is 62.2 Å². The molecule has 1 aromatic carbocycles. The molecule has 132 valence electrons. The number of hydrogen-bond donors (Lipinski definition) is 0. The van der Waals surface area contributed by atoms with Crippen LogP contribution < -0.4 is 4.90 Å². The van der Waals surface area contributed by atoms with Crippen LogP contribution in [0.5, 0.6) is 0 Å². The van der Waals surface area contributed by atoms with E-state index in [1.807, 2.05) is 29.2 Å². The molecule has 0 N–H and O–H groups in total. The number of thiazole rings is 1. The van der Waals surface area contributed by atoms with Crippen molar-refractivity contribution in [2.24, 2.45) is 0 Å². The minimum absolute atomic E-state index is 0.0350. The summed E-state index contributed by atoms with van der Waals surface area (Å²) in [7, 11) is 0. The first kappa shape index (κ1) is 16.9. The van der Waals surface area contributed by atoms with Gasteiger partial charge < -0.3 is 9.80 Å². The molecule has 1 aliphatic rings. The van der Waals surface area contributed by atoms with E-state index in [1.54, 1.807) is 24.0 Å². The highest BCUT2D eigenvalue weighted by Gasteiger charge is 2.24. The second kappa shape index (κ2) is 7.39. The van der Waals surface area contributed by atoms with Crippen LogP contribution in [0.25, 0.3) is 10.7 Å². The molecule has 0 saturated carbocycles. The van der Waals surface area contributed by atoms with Gasteiger partial charge in [0.25, 0.3) is 5.91 Å². The van der Waals surface area contributed by atoms with Crippen LogP contribution in [0, 0.1) is 0 Å². The Hall–Kier alpha value is -2.51. The highest BCUT2D eigenvalue weighted by Crippen LogP contribution is 2.23. The minimum atomic E-state index is -0.0350. The summed E-state index contributed by atoms with van der Waals surface area (Å²) in [4.78, 5) is 29.5. The molecular formula is C18H16ClN5OS. The van der Waals surface area contributed by atoms with E-state index in [2.05, 4.69) is 19.9 Å². The van der Waals surface area contributed by atoms with Crippen molar-refractivity contribution in [3.05, 3.63) is 59.0 Å². The average Bonchev–Trinajstić information content (AvgIpc) is 3.19. The molecule has 26 heavy (non-hydrogen) atoms. The van der Waals surface area contributed by atoms with Crippen LogP contribution in [0.1, 0.15) is 10.5 Å². The zero-order chi connectivity index (χ0) is 17.9. The number of aromatic nitrogens is 3. The van der Waals surface area contributed by atoms with Crippen LogP contribution in [-0.2, 0) is 0 Å². The first-order valence-electron chi connectivity index (χ1n) is 8.22. The maximum atomic E-state index is 12.7. The fourth-order valence-electron chi connectivity index (χ4n) is 2.88. The van der Waals surface area contributed by atoms with Crippen molar-refractivity contribution in [3.63, 3.8) is 0 Å². The molecule has 1 saturated heterocycles. The molecule has 3 aromatic rings. The quantitative estimate of drug-likeness (QED) is 0.692. The maximum absolute atomic E-state index is 12.7. The monoisotopic (exact) mass is 385 g/mol. The van der Waals surface area contributed by atoms with E-state index < -0.39 is 0 Å². The predicted molar refractivity (Wildman–Crippen MR) is 103 cm³/mol. The molecule has 8 heteroatoms. The number of halogens is 1. The Morgan fingerprint density at radius 1 is 1.08 bits per heavy atom. The zero-order valence-corrected chi connectivity index (χ0v) is 15.5. The normalized spacial score (nSPS) is 14.5. The van der Waals surface area contributed by atoms with Gasteiger partial charge in [-0.2, -0.15) is 0 Å². The lowest BCUT2D eigenvalue weighted by molar-refractivity contribution is 0.0742.